The number of nitrogens with zero attached hydrogens (tertiary/aromatic N) is 2. The Hall–Kier alpha value is -1.64. The van der Waals surface area contributed by atoms with E-state index < -0.39 is 0 Å². The van der Waals surface area contributed by atoms with Gasteiger partial charge in [0.2, 0.25) is 5.96 Å². The molecule has 0 bridgehead atoms. The number of anilines is 1. The summed E-state index contributed by atoms with van der Waals surface area (Å²) in [5.74, 6) is 0.706. The number of benzene rings is 1. The molecule has 0 fully saturated rings. The molecule has 0 saturated heterocycles. The van der Waals surface area contributed by atoms with E-state index in [0.717, 1.165) is 18.7 Å². The Balaban J connectivity index is 2.06. The number of hydrogen-bond donors (Lipinski definition) is 1. The average Bonchev–Trinajstić information content (AvgIpc) is 2.21. The molecule has 66 valence electrons. The molecule has 1 aromatic carbocycles. The zero-order valence-corrected chi connectivity index (χ0v) is 7.27. The van der Waals surface area contributed by atoms with Crippen LogP contribution < -0.4 is 5.32 Å². The van der Waals surface area contributed by atoms with E-state index in [9.17, 15) is 0 Å². The number of rotatable bonds is 1. The van der Waals surface area contributed by atoms with E-state index in [-0.39, 0.29) is 0 Å². The molecule has 3 heteroatoms. The van der Waals surface area contributed by atoms with Gasteiger partial charge in [-0.1, -0.05) is 18.2 Å². The van der Waals surface area contributed by atoms with Crippen molar-refractivity contribution in [2.75, 3.05) is 11.9 Å². The van der Waals surface area contributed by atoms with Gasteiger partial charge in [0.05, 0.1) is 0 Å². The van der Waals surface area contributed by atoms with Crippen molar-refractivity contribution in [3.8, 4) is 0 Å². The summed E-state index contributed by atoms with van der Waals surface area (Å²) in [5, 5.41) is 3.13. The Morgan fingerprint density at radius 3 is 2.69 bits per heavy atom. The fourth-order valence-corrected chi connectivity index (χ4v) is 1.14. The van der Waals surface area contributed by atoms with E-state index in [1.54, 1.807) is 0 Å². The van der Waals surface area contributed by atoms with Crippen LogP contribution in [0.25, 0.3) is 0 Å². The minimum atomic E-state index is 0.706. The van der Waals surface area contributed by atoms with E-state index in [1.807, 2.05) is 36.5 Å². The molecule has 1 aromatic rings. The van der Waals surface area contributed by atoms with Crippen LogP contribution in [-0.2, 0) is 0 Å². The highest BCUT2D eigenvalue weighted by molar-refractivity contribution is 5.99. The summed E-state index contributed by atoms with van der Waals surface area (Å²) < 4.78 is 0. The third-order valence-electron chi connectivity index (χ3n) is 1.76. The van der Waals surface area contributed by atoms with E-state index >= 15 is 0 Å². The third kappa shape index (κ3) is 2.15. The van der Waals surface area contributed by atoms with Crippen molar-refractivity contribution in [1.29, 1.82) is 0 Å². The number of nitrogens with one attached hydrogen (secondary N) is 1. The van der Waals surface area contributed by atoms with E-state index in [4.69, 9.17) is 0 Å². The first-order valence-corrected chi connectivity index (χ1v) is 4.34. The smallest absolute Gasteiger partial charge is 0.222 e. The molecule has 1 N–H and O–H groups in total. The zero-order valence-electron chi connectivity index (χ0n) is 7.27. The van der Waals surface area contributed by atoms with Gasteiger partial charge in [0.25, 0.3) is 0 Å². The van der Waals surface area contributed by atoms with Crippen molar-refractivity contribution in [2.45, 2.75) is 6.42 Å². The van der Waals surface area contributed by atoms with E-state index in [2.05, 4.69) is 15.3 Å². The van der Waals surface area contributed by atoms with Gasteiger partial charge in [-0.25, -0.2) is 4.99 Å². The first-order chi connectivity index (χ1) is 6.45. The molecule has 3 nitrogen and oxygen atoms in total. The molecule has 1 heterocycles. The molecule has 1 aliphatic rings. The average molecular weight is 173 g/mol. The van der Waals surface area contributed by atoms with Gasteiger partial charge in [0, 0.05) is 24.9 Å². The molecule has 0 atom stereocenters. The van der Waals surface area contributed by atoms with Gasteiger partial charge in [0.1, 0.15) is 0 Å². The summed E-state index contributed by atoms with van der Waals surface area (Å²) in [6, 6.07) is 9.93. The van der Waals surface area contributed by atoms with Crippen LogP contribution >= 0.6 is 0 Å². The number of guanidine groups is 1. The summed E-state index contributed by atoms with van der Waals surface area (Å²) in [6.07, 6.45) is 2.83. The molecular weight excluding hydrogens is 162 g/mol. The van der Waals surface area contributed by atoms with Gasteiger partial charge in [-0.15, -0.1) is 0 Å². The minimum Gasteiger partial charge on any atom is -0.324 e. The maximum Gasteiger partial charge on any atom is 0.222 e. The second-order valence-electron chi connectivity index (χ2n) is 2.80. The maximum atomic E-state index is 4.23. The molecule has 0 saturated carbocycles. The van der Waals surface area contributed by atoms with Gasteiger partial charge in [-0.3, -0.25) is 4.99 Å². The van der Waals surface area contributed by atoms with Gasteiger partial charge in [-0.2, -0.15) is 0 Å². The molecule has 13 heavy (non-hydrogen) atoms. The predicted octanol–water partition coefficient (Wildman–Crippen LogP) is 1.93. The fraction of sp³-hybridized carbons (Fsp3) is 0.200. The molecule has 0 radical (unpaired) electrons. The van der Waals surface area contributed by atoms with Gasteiger partial charge in [-0.05, 0) is 12.1 Å². The number of para-hydroxylation sites is 1. The first kappa shape index (κ1) is 7.98. The Kier molecular flexibility index (Phi) is 2.36. The lowest BCUT2D eigenvalue weighted by molar-refractivity contribution is 1.03. The summed E-state index contributed by atoms with van der Waals surface area (Å²) in [4.78, 5) is 8.37. The quantitative estimate of drug-likeness (QED) is 0.692. The summed E-state index contributed by atoms with van der Waals surface area (Å²) in [5.41, 5.74) is 1.03. The second kappa shape index (κ2) is 3.85. The van der Waals surface area contributed by atoms with Crippen LogP contribution in [0.2, 0.25) is 0 Å². The van der Waals surface area contributed by atoms with Crippen LogP contribution in [0.1, 0.15) is 6.42 Å². The lowest BCUT2D eigenvalue weighted by atomic mass is 10.3. The Labute approximate surface area is 77.2 Å². The Morgan fingerprint density at radius 2 is 2.00 bits per heavy atom. The fourth-order valence-electron chi connectivity index (χ4n) is 1.14. The highest BCUT2D eigenvalue weighted by Gasteiger charge is 1.99. The molecule has 2 rings (SSSR count). The summed E-state index contributed by atoms with van der Waals surface area (Å²) >= 11 is 0. The van der Waals surface area contributed by atoms with Crippen LogP contribution in [0.4, 0.5) is 5.69 Å². The summed E-state index contributed by atoms with van der Waals surface area (Å²) in [6.45, 7) is 0.832. The largest absolute Gasteiger partial charge is 0.324 e. The highest BCUT2D eigenvalue weighted by Crippen LogP contribution is 2.06. The monoisotopic (exact) mass is 173 g/mol. The molecular formula is C10H11N3. The second-order valence-corrected chi connectivity index (χ2v) is 2.80. The van der Waals surface area contributed by atoms with Crippen molar-refractivity contribution in [3.63, 3.8) is 0 Å². The standard InChI is InChI=1S/C10H11N3/c1-2-5-9(6-3-1)13-10-11-7-4-8-12-10/h1-3,5-7H,4,8H2,(H,12,13). The lowest BCUT2D eigenvalue weighted by Gasteiger charge is -2.07. The molecule has 0 unspecified atom stereocenters. The maximum absolute atomic E-state index is 4.23. The van der Waals surface area contributed by atoms with Crippen LogP contribution in [0.15, 0.2) is 40.3 Å². The summed E-state index contributed by atoms with van der Waals surface area (Å²) in [7, 11) is 0. The SMILES string of the molecule is C1=NC(Nc2ccccc2)=NCC1. The number of aliphatic imine (C=N–C) groups is 2. The van der Waals surface area contributed by atoms with Crippen LogP contribution in [0.5, 0.6) is 0 Å². The van der Waals surface area contributed by atoms with Crippen molar-refractivity contribution in [1.82, 2.24) is 0 Å². The lowest BCUT2D eigenvalue weighted by Crippen LogP contribution is -2.13. The topological polar surface area (TPSA) is 36.8 Å². The molecule has 0 aliphatic carbocycles. The van der Waals surface area contributed by atoms with E-state index in [0.29, 0.717) is 5.96 Å². The third-order valence-corrected chi connectivity index (χ3v) is 1.76. The van der Waals surface area contributed by atoms with Crippen molar-refractivity contribution >= 4 is 17.9 Å². The zero-order chi connectivity index (χ0) is 8.93. The van der Waals surface area contributed by atoms with Crippen molar-refractivity contribution in [3.05, 3.63) is 30.3 Å². The molecule has 1 aliphatic heterocycles. The predicted molar refractivity (Wildman–Crippen MR) is 55.5 cm³/mol. The van der Waals surface area contributed by atoms with Crippen LogP contribution in [0, 0.1) is 0 Å². The van der Waals surface area contributed by atoms with E-state index in [1.165, 1.54) is 0 Å². The first-order valence-electron chi connectivity index (χ1n) is 4.34. The van der Waals surface area contributed by atoms with Gasteiger partial charge < -0.3 is 5.32 Å². The Bertz CT molecular complexity index is 327. The molecule has 0 aromatic heterocycles. The molecule has 0 spiro atoms. The van der Waals surface area contributed by atoms with Crippen molar-refractivity contribution in [2.24, 2.45) is 9.98 Å². The van der Waals surface area contributed by atoms with Gasteiger partial charge >= 0.3 is 0 Å². The number of hydrogen-bond acceptors (Lipinski definition) is 3. The highest BCUT2D eigenvalue weighted by atomic mass is 15.1. The van der Waals surface area contributed by atoms with Crippen LogP contribution in [0.3, 0.4) is 0 Å². The van der Waals surface area contributed by atoms with Crippen LogP contribution in [-0.4, -0.2) is 18.7 Å². The Morgan fingerprint density at radius 1 is 1.15 bits per heavy atom. The van der Waals surface area contributed by atoms with Gasteiger partial charge in [0.15, 0.2) is 0 Å². The normalized spacial score (nSPS) is 15.2. The van der Waals surface area contributed by atoms with Crippen molar-refractivity contribution < 1.29 is 0 Å². The molecule has 0 amide bonds. The minimum absolute atomic E-state index is 0.706.